The predicted octanol–water partition coefficient (Wildman–Crippen LogP) is 2.54. The first-order valence-electron chi connectivity index (χ1n) is 6.93. The number of alkyl halides is 3. The highest BCUT2D eigenvalue weighted by Crippen LogP contribution is 2.35. The molecule has 2 rings (SSSR count). The maximum absolute atomic E-state index is 12.8. The second kappa shape index (κ2) is 6.71. The van der Waals surface area contributed by atoms with Crippen molar-refractivity contribution in [1.29, 1.82) is 0 Å². The zero-order valence-corrected chi connectivity index (χ0v) is 13.4. The Labute approximate surface area is 136 Å². The van der Waals surface area contributed by atoms with Gasteiger partial charge < -0.3 is 15.4 Å². The maximum Gasteiger partial charge on any atom is 0.416 e. The topological polar surface area (TPSA) is 84.5 Å². The number of carbonyl (C=O) groups is 1. The fraction of sp³-hybridized carbons (Fsp3) is 0.357. The van der Waals surface area contributed by atoms with Crippen molar-refractivity contribution >= 4 is 21.6 Å². The van der Waals surface area contributed by atoms with Crippen molar-refractivity contribution in [3.8, 4) is 5.75 Å². The van der Waals surface area contributed by atoms with Crippen LogP contribution in [0.3, 0.4) is 0 Å². The Morgan fingerprint density at radius 1 is 1.38 bits per heavy atom. The van der Waals surface area contributed by atoms with Crippen LogP contribution in [-0.4, -0.2) is 32.9 Å². The van der Waals surface area contributed by atoms with Gasteiger partial charge in [0, 0.05) is 5.41 Å². The van der Waals surface area contributed by atoms with Crippen molar-refractivity contribution < 1.29 is 31.1 Å². The molecule has 1 heterocycles. The quantitative estimate of drug-likeness (QED) is 0.860. The highest BCUT2D eigenvalue weighted by atomic mass is 32.2. The van der Waals surface area contributed by atoms with E-state index in [0.717, 1.165) is 23.6 Å². The Balaban J connectivity index is 2.14. The molecule has 0 unspecified atom stereocenters. The van der Waals surface area contributed by atoms with Gasteiger partial charge in [-0.15, -0.1) is 0 Å². The first-order valence-corrected chi connectivity index (χ1v) is 8.65. The predicted molar refractivity (Wildman–Crippen MR) is 81.5 cm³/mol. The molecule has 1 aliphatic heterocycles. The number of sulfone groups is 1. The minimum atomic E-state index is -4.57. The molecule has 1 aromatic carbocycles. The summed E-state index contributed by atoms with van der Waals surface area (Å²) in [6.45, 7) is 1.85. The van der Waals surface area contributed by atoms with E-state index in [1.807, 2.05) is 0 Å². The van der Waals surface area contributed by atoms with E-state index in [2.05, 4.69) is 10.6 Å². The smallest absolute Gasteiger partial charge is 0.416 e. The van der Waals surface area contributed by atoms with E-state index < -0.39 is 33.6 Å². The van der Waals surface area contributed by atoms with E-state index in [-0.39, 0.29) is 23.8 Å². The average Bonchev–Trinajstić information content (AvgIpc) is 2.78. The SMILES string of the molecule is CCOc1ccc(C(F)(F)F)cc1NC(=O)N[C@H]1C=CS(=O)(=O)C1. The Morgan fingerprint density at radius 2 is 2.08 bits per heavy atom. The van der Waals surface area contributed by atoms with Gasteiger partial charge in [-0.3, -0.25) is 0 Å². The lowest BCUT2D eigenvalue weighted by atomic mass is 10.2. The van der Waals surface area contributed by atoms with E-state index in [0.29, 0.717) is 0 Å². The van der Waals surface area contributed by atoms with Gasteiger partial charge >= 0.3 is 12.2 Å². The number of carbonyl (C=O) groups excluding carboxylic acids is 1. The fourth-order valence-electron chi connectivity index (χ4n) is 2.08. The number of nitrogens with one attached hydrogen (secondary N) is 2. The molecule has 0 saturated carbocycles. The molecule has 1 aromatic rings. The van der Waals surface area contributed by atoms with E-state index in [1.165, 1.54) is 6.08 Å². The highest BCUT2D eigenvalue weighted by molar-refractivity contribution is 7.94. The van der Waals surface area contributed by atoms with Crippen LogP contribution in [0.4, 0.5) is 23.7 Å². The van der Waals surface area contributed by atoms with Crippen LogP contribution in [0, 0.1) is 0 Å². The molecule has 6 nitrogen and oxygen atoms in total. The molecule has 0 radical (unpaired) electrons. The van der Waals surface area contributed by atoms with E-state index in [1.54, 1.807) is 6.92 Å². The average molecular weight is 364 g/mol. The van der Waals surface area contributed by atoms with Crippen molar-refractivity contribution in [2.75, 3.05) is 17.7 Å². The van der Waals surface area contributed by atoms with Crippen molar-refractivity contribution in [3.05, 3.63) is 35.2 Å². The number of rotatable bonds is 4. The zero-order chi connectivity index (χ0) is 18.0. The number of anilines is 1. The van der Waals surface area contributed by atoms with Crippen molar-refractivity contribution in [2.45, 2.75) is 19.1 Å². The van der Waals surface area contributed by atoms with Crippen molar-refractivity contribution in [1.82, 2.24) is 5.32 Å². The summed E-state index contributed by atoms with van der Waals surface area (Å²) in [6.07, 6.45) is -3.27. The molecule has 2 N–H and O–H groups in total. The number of hydrogen-bond acceptors (Lipinski definition) is 4. The molecular weight excluding hydrogens is 349 g/mol. The zero-order valence-electron chi connectivity index (χ0n) is 12.6. The summed E-state index contributed by atoms with van der Waals surface area (Å²) in [5, 5.41) is 5.60. The van der Waals surface area contributed by atoms with Gasteiger partial charge in [-0.1, -0.05) is 0 Å². The van der Waals surface area contributed by atoms with Crippen LogP contribution < -0.4 is 15.4 Å². The van der Waals surface area contributed by atoms with E-state index in [9.17, 15) is 26.4 Å². The van der Waals surface area contributed by atoms with Gasteiger partial charge in [0.15, 0.2) is 9.84 Å². The van der Waals surface area contributed by atoms with Crippen LogP contribution in [0.2, 0.25) is 0 Å². The Bertz CT molecular complexity index is 760. The highest BCUT2D eigenvalue weighted by Gasteiger charge is 2.31. The summed E-state index contributed by atoms with van der Waals surface area (Å²) in [7, 11) is -3.35. The third kappa shape index (κ3) is 4.63. The largest absolute Gasteiger partial charge is 0.492 e. The molecule has 24 heavy (non-hydrogen) atoms. The molecule has 1 aliphatic rings. The summed E-state index contributed by atoms with van der Waals surface area (Å²) in [5.41, 5.74) is -1.10. The van der Waals surface area contributed by atoms with Crippen LogP contribution in [-0.2, 0) is 16.0 Å². The lowest BCUT2D eigenvalue weighted by Crippen LogP contribution is -2.38. The minimum absolute atomic E-state index is 0.0789. The molecule has 0 fully saturated rings. The number of ether oxygens (including phenoxy) is 1. The Kier molecular flexibility index (Phi) is 5.07. The summed E-state index contributed by atoms with van der Waals surface area (Å²) in [4.78, 5) is 11.9. The Morgan fingerprint density at radius 3 is 2.62 bits per heavy atom. The summed E-state index contributed by atoms with van der Waals surface area (Å²) < 4.78 is 66.1. The second-order valence-electron chi connectivity index (χ2n) is 5.00. The number of hydrogen-bond donors (Lipinski definition) is 2. The molecule has 1 atom stereocenters. The first kappa shape index (κ1) is 18.1. The van der Waals surface area contributed by atoms with Crippen molar-refractivity contribution in [2.24, 2.45) is 0 Å². The molecule has 0 bridgehead atoms. The molecule has 0 aliphatic carbocycles. The molecule has 0 spiro atoms. The molecule has 0 saturated heterocycles. The van der Waals surface area contributed by atoms with Crippen LogP contribution in [0.15, 0.2) is 29.7 Å². The number of halogens is 3. The number of benzene rings is 1. The normalized spacial score (nSPS) is 19.1. The molecule has 2 amide bonds. The van der Waals surface area contributed by atoms with Gasteiger partial charge in [-0.05, 0) is 31.2 Å². The van der Waals surface area contributed by atoms with Crippen LogP contribution in [0.25, 0.3) is 0 Å². The van der Waals surface area contributed by atoms with Crippen LogP contribution in [0.5, 0.6) is 5.75 Å². The number of urea groups is 1. The van der Waals surface area contributed by atoms with Crippen molar-refractivity contribution in [3.63, 3.8) is 0 Å². The molecular formula is C14H15F3N2O4S. The summed E-state index contributed by atoms with van der Waals surface area (Å²) in [5.74, 6) is -0.211. The van der Waals surface area contributed by atoms with Gasteiger partial charge in [0.2, 0.25) is 0 Å². The van der Waals surface area contributed by atoms with E-state index in [4.69, 9.17) is 4.74 Å². The van der Waals surface area contributed by atoms with Gasteiger partial charge in [0.1, 0.15) is 5.75 Å². The lowest BCUT2D eigenvalue weighted by Gasteiger charge is -2.16. The summed E-state index contributed by atoms with van der Waals surface area (Å²) in [6, 6.07) is 1.15. The molecule has 132 valence electrons. The number of amides is 2. The summed E-state index contributed by atoms with van der Waals surface area (Å²) >= 11 is 0. The van der Waals surface area contributed by atoms with Gasteiger partial charge in [-0.2, -0.15) is 13.2 Å². The fourth-order valence-corrected chi connectivity index (χ4v) is 3.31. The first-order chi connectivity index (χ1) is 11.1. The van der Waals surface area contributed by atoms with Crippen LogP contribution >= 0.6 is 0 Å². The van der Waals surface area contributed by atoms with Gasteiger partial charge in [0.05, 0.1) is 29.7 Å². The molecule has 0 aromatic heterocycles. The maximum atomic E-state index is 12.8. The minimum Gasteiger partial charge on any atom is -0.492 e. The molecule has 10 heteroatoms. The standard InChI is InChI=1S/C14H15F3N2O4S/c1-2-23-12-4-3-9(14(15,16)17)7-11(12)19-13(20)18-10-5-6-24(21,22)8-10/h3-7,10H,2,8H2,1H3,(H2,18,19,20)/t10-/m0/s1. The monoisotopic (exact) mass is 364 g/mol. The van der Waals surface area contributed by atoms with Gasteiger partial charge in [0.25, 0.3) is 0 Å². The Hall–Kier alpha value is -2.23. The second-order valence-corrected chi connectivity index (χ2v) is 6.94. The van der Waals surface area contributed by atoms with E-state index >= 15 is 0 Å². The third-order valence-corrected chi connectivity index (χ3v) is 4.50. The van der Waals surface area contributed by atoms with Gasteiger partial charge in [-0.25, -0.2) is 13.2 Å². The van der Waals surface area contributed by atoms with Crippen LogP contribution in [0.1, 0.15) is 12.5 Å². The lowest BCUT2D eigenvalue weighted by molar-refractivity contribution is -0.137. The third-order valence-electron chi connectivity index (χ3n) is 3.10.